The van der Waals surface area contributed by atoms with Gasteiger partial charge in [0.1, 0.15) is 5.82 Å². The van der Waals surface area contributed by atoms with Gasteiger partial charge in [-0.3, -0.25) is 0 Å². The second kappa shape index (κ2) is 6.87. The van der Waals surface area contributed by atoms with Gasteiger partial charge in [0.05, 0.1) is 0 Å². The van der Waals surface area contributed by atoms with E-state index in [4.69, 9.17) is 0 Å². The van der Waals surface area contributed by atoms with Crippen LogP contribution in [0, 0.1) is 6.92 Å². The highest BCUT2D eigenvalue weighted by molar-refractivity contribution is 5.76. The van der Waals surface area contributed by atoms with Crippen LogP contribution in [0.25, 0.3) is 22.5 Å². The summed E-state index contributed by atoms with van der Waals surface area (Å²) in [4.78, 5) is 4.51. The number of aromatic nitrogens is 2. The molecule has 0 fully saturated rings. The average Bonchev–Trinajstić information content (AvgIpc) is 3.00. The fourth-order valence-corrected chi connectivity index (χ4v) is 3.54. The van der Waals surface area contributed by atoms with Gasteiger partial charge in [0.15, 0.2) is 0 Å². The van der Waals surface area contributed by atoms with Gasteiger partial charge in [-0.2, -0.15) is 0 Å². The van der Waals surface area contributed by atoms with Crippen molar-refractivity contribution < 1.29 is 0 Å². The van der Waals surface area contributed by atoms with Gasteiger partial charge in [0.25, 0.3) is 0 Å². The Morgan fingerprint density at radius 3 is 2.00 bits per heavy atom. The molecule has 0 spiro atoms. The number of rotatable bonds is 4. The number of imidazole rings is 1. The highest BCUT2D eigenvalue weighted by Crippen LogP contribution is 2.38. The monoisotopic (exact) mass is 332 g/mol. The summed E-state index contributed by atoms with van der Waals surface area (Å²) in [5, 5.41) is 0. The Morgan fingerprint density at radius 2 is 1.48 bits per heavy atom. The van der Waals surface area contributed by atoms with E-state index in [1.165, 1.54) is 27.8 Å². The van der Waals surface area contributed by atoms with E-state index in [1.807, 2.05) is 19.4 Å². The first-order chi connectivity index (χ1) is 11.9. The molecule has 25 heavy (non-hydrogen) atoms. The summed E-state index contributed by atoms with van der Waals surface area (Å²) >= 11 is 0. The van der Waals surface area contributed by atoms with Crippen LogP contribution in [-0.4, -0.2) is 9.55 Å². The Balaban J connectivity index is 2.24. The molecule has 0 unspecified atom stereocenters. The zero-order valence-electron chi connectivity index (χ0n) is 16.2. The van der Waals surface area contributed by atoms with Crippen LogP contribution in [0.4, 0.5) is 0 Å². The molecule has 1 heterocycles. The zero-order valence-corrected chi connectivity index (χ0v) is 16.2. The van der Waals surface area contributed by atoms with E-state index in [0.29, 0.717) is 11.8 Å². The second-order valence-electron chi connectivity index (χ2n) is 7.57. The second-order valence-corrected chi connectivity index (χ2v) is 7.57. The van der Waals surface area contributed by atoms with Crippen molar-refractivity contribution >= 4 is 0 Å². The molecular weight excluding hydrogens is 304 g/mol. The Labute approximate surface area is 151 Å². The average molecular weight is 332 g/mol. The Morgan fingerprint density at radius 1 is 0.880 bits per heavy atom. The highest BCUT2D eigenvalue weighted by atomic mass is 15.0. The standard InChI is InChI=1S/C23H28N2/c1-15(2)20-12-17(5)13-21(16(3)4)22(20)18-8-7-9-19(14-18)23-24-10-11-25(23)6/h7-16H,1-6H3. The fraction of sp³-hybridized carbons (Fsp3) is 0.348. The lowest BCUT2D eigenvalue weighted by molar-refractivity contribution is 0.835. The maximum Gasteiger partial charge on any atom is 0.139 e. The minimum atomic E-state index is 0.490. The molecule has 0 radical (unpaired) electrons. The van der Waals surface area contributed by atoms with Crippen LogP contribution < -0.4 is 0 Å². The minimum Gasteiger partial charge on any atom is -0.334 e. The van der Waals surface area contributed by atoms with Crippen molar-refractivity contribution in [3.05, 3.63) is 65.5 Å². The summed E-state index contributed by atoms with van der Waals surface area (Å²) < 4.78 is 2.07. The number of hydrogen-bond donors (Lipinski definition) is 0. The van der Waals surface area contributed by atoms with Crippen molar-refractivity contribution in [1.82, 2.24) is 9.55 Å². The largest absolute Gasteiger partial charge is 0.334 e. The van der Waals surface area contributed by atoms with Crippen molar-refractivity contribution in [2.24, 2.45) is 7.05 Å². The van der Waals surface area contributed by atoms with Crippen molar-refractivity contribution in [1.29, 1.82) is 0 Å². The molecule has 2 heteroatoms. The van der Waals surface area contributed by atoms with E-state index in [1.54, 1.807) is 0 Å². The van der Waals surface area contributed by atoms with Gasteiger partial charge in [-0.15, -0.1) is 0 Å². The van der Waals surface area contributed by atoms with Gasteiger partial charge in [-0.05, 0) is 47.1 Å². The van der Waals surface area contributed by atoms with Crippen LogP contribution in [0.1, 0.15) is 56.2 Å². The fourth-order valence-electron chi connectivity index (χ4n) is 3.54. The molecule has 0 saturated carbocycles. The van der Waals surface area contributed by atoms with Gasteiger partial charge < -0.3 is 4.57 Å². The maximum atomic E-state index is 4.51. The Bertz CT molecular complexity index is 856. The molecule has 0 aliphatic rings. The number of aryl methyl sites for hydroxylation is 2. The molecule has 0 atom stereocenters. The van der Waals surface area contributed by atoms with Crippen LogP contribution in [0.5, 0.6) is 0 Å². The summed E-state index contributed by atoms with van der Waals surface area (Å²) in [6, 6.07) is 13.5. The molecule has 2 nitrogen and oxygen atoms in total. The molecule has 0 amide bonds. The SMILES string of the molecule is Cc1cc(C(C)C)c(-c2cccc(-c3nccn3C)c2)c(C(C)C)c1. The van der Waals surface area contributed by atoms with Gasteiger partial charge in [0, 0.05) is 25.0 Å². The van der Waals surface area contributed by atoms with E-state index in [-0.39, 0.29) is 0 Å². The molecule has 130 valence electrons. The molecule has 3 rings (SSSR count). The normalized spacial score (nSPS) is 11.5. The van der Waals surface area contributed by atoms with Crippen molar-refractivity contribution in [3.63, 3.8) is 0 Å². The summed E-state index contributed by atoms with van der Waals surface area (Å²) in [5.74, 6) is 1.99. The Kier molecular flexibility index (Phi) is 4.80. The Hall–Kier alpha value is -2.35. The lowest BCUT2D eigenvalue weighted by atomic mass is 9.83. The minimum absolute atomic E-state index is 0.490. The van der Waals surface area contributed by atoms with Gasteiger partial charge in [-0.1, -0.05) is 63.6 Å². The van der Waals surface area contributed by atoms with Gasteiger partial charge >= 0.3 is 0 Å². The number of nitrogens with zero attached hydrogens (tertiary/aromatic N) is 2. The molecular formula is C23H28N2. The topological polar surface area (TPSA) is 17.8 Å². The summed E-state index contributed by atoms with van der Waals surface area (Å²) in [7, 11) is 2.04. The summed E-state index contributed by atoms with van der Waals surface area (Å²) in [6.07, 6.45) is 3.85. The van der Waals surface area contributed by atoms with Crippen molar-refractivity contribution in [2.45, 2.75) is 46.5 Å². The van der Waals surface area contributed by atoms with E-state index in [2.05, 4.69) is 80.6 Å². The third-order valence-corrected chi connectivity index (χ3v) is 4.82. The van der Waals surface area contributed by atoms with Crippen molar-refractivity contribution in [2.75, 3.05) is 0 Å². The summed E-state index contributed by atoms with van der Waals surface area (Å²) in [6.45, 7) is 11.3. The predicted octanol–water partition coefficient (Wildman–Crippen LogP) is 6.31. The molecule has 0 aliphatic carbocycles. The van der Waals surface area contributed by atoms with E-state index >= 15 is 0 Å². The molecule has 0 N–H and O–H groups in total. The third kappa shape index (κ3) is 3.39. The smallest absolute Gasteiger partial charge is 0.139 e. The third-order valence-electron chi connectivity index (χ3n) is 4.82. The predicted molar refractivity (Wildman–Crippen MR) is 107 cm³/mol. The molecule has 0 aliphatic heterocycles. The summed E-state index contributed by atoms with van der Waals surface area (Å²) in [5.41, 5.74) is 8.05. The number of hydrogen-bond acceptors (Lipinski definition) is 1. The molecule has 0 saturated heterocycles. The van der Waals surface area contributed by atoms with Crippen LogP contribution in [0.15, 0.2) is 48.8 Å². The van der Waals surface area contributed by atoms with Gasteiger partial charge in [-0.25, -0.2) is 4.98 Å². The van der Waals surface area contributed by atoms with Gasteiger partial charge in [0.2, 0.25) is 0 Å². The molecule has 0 bridgehead atoms. The highest BCUT2D eigenvalue weighted by Gasteiger charge is 2.17. The van der Waals surface area contributed by atoms with E-state index < -0.39 is 0 Å². The zero-order chi connectivity index (χ0) is 18.1. The van der Waals surface area contributed by atoms with E-state index in [0.717, 1.165) is 11.4 Å². The van der Waals surface area contributed by atoms with Crippen LogP contribution in [0.2, 0.25) is 0 Å². The lowest BCUT2D eigenvalue weighted by Crippen LogP contribution is -2.01. The molecule has 2 aromatic carbocycles. The number of benzene rings is 2. The molecule has 1 aromatic heterocycles. The molecule has 3 aromatic rings. The van der Waals surface area contributed by atoms with Crippen molar-refractivity contribution in [3.8, 4) is 22.5 Å². The lowest BCUT2D eigenvalue weighted by Gasteiger charge is -2.21. The first kappa shape index (κ1) is 17.5. The van der Waals surface area contributed by atoms with Crippen LogP contribution in [-0.2, 0) is 7.05 Å². The maximum absolute atomic E-state index is 4.51. The quantitative estimate of drug-likeness (QED) is 0.547. The van der Waals surface area contributed by atoms with E-state index in [9.17, 15) is 0 Å². The first-order valence-electron chi connectivity index (χ1n) is 9.11. The first-order valence-corrected chi connectivity index (χ1v) is 9.11. The van der Waals surface area contributed by atoms with Crippen LogP contribution >= 0.6 is 0 Å². The van der Waals surface area contributed by atoms with Crippen LogP contribution in [0.3, 0.4) is 0 Å².